The van der Waals surface area contributed by atoms with E-state index >= 15 is 0 Å². The molecule has 0 heterocycles. The molecule has 1 aromatic rings. The Labute approximate surface area is 177 Å². The number of halogens is 1. The van der Waals surface area contributed by atoms with Crippen molar-refractivity contribution >= 4 is 17.8 Å². The molecular weight excluding hydrogens is 391 g/mol. The van der Waals surface area contributed by atoms with Gasteiger partial charge < -0.3 is 20.1 Å². The highest BCUT2D eigenvalue weighted by Gasteiger charge is 2.28. The number of rotatable bonds is 12. The Morgan fingerprint density at radius 3 is 2.03 bits per heavy atom. The predicted octanol–water partition coefficient (Wildman–Crippen LogP) is 3.21. The van der Waals surface area contributed by atoms with Crippen LogP contribution in [0.5, 0.6) is 0 Å². The second kappa shape index (κ2) is 13.0. The number of nitrogens with one attached hydrogen (secondary N) is 2. The van der Waals surface area contributed by atoms with Gasteiger partial charge in [0.1, 0.15) is 25.1 Å². The van der Waals surface area contributed by atoms with Gasteiger partial charge in [-0.05, 0) is 42.4 Å². The minimum absolute atomic E-state index is 0.0512. The van der Waals surface area contributed by atoms with Gasteiger partial charge in [-0.25, -0.2) is 9.18 Å². The number of ketones is 1. The lowest BCUT2D eigenvalue weighted by Crippen LogP contribution is -2.52. The molecule has 0 aliphatic rings. The Balaban J connectivity index is 2.74. The Morgan fingerprint density at radius 1 is 0.933 bits per heavy atom. The van der Waals surface area contributed by atoms with Crippen LogP contribution in [-0.2, 0) is 25.7 Å². The van der Waals surface area contributed by atoms with E-state index < -0.39 is 24.1 Å². The van der Waals surface area contributed by atoms with Crippen LogP contribution in [0.2, 0.25) is 0 Å². The second-order valence-electron chi connectivity index (χ2n) is 8.12. The normalized spacial score (nSPS) is 13.1. The van der Waals surface area contributed by atoms with Crippen molar-refractivity contribution in [1.29, 1.82) is 0 Å². The van der Waals surface area contributed by atoms with Crippen LogP contribution >= 0.6 is 0 Å². The number of hydrogen-bond acceptors (Lipinski definition) is 5. The number of amides is 2. The highest BCUT2D eigenvalue weighted by atomic mass is 19.1. The van der Waals surface area contributed by atoms with Gasteiger partial charge in [0.25, 0.3) is 0 Å². The number of carbonyl (C=O) groups is 3. The molecule has 2 N–H and O–H groups in total. The third-order valence-electron chi connectivity index (χ3n) is 4.30. The van der Waals surface area contributed by atoms with Gasteiger partial charge >= 0.3 is 6.09 Å². The summed E-state index contributed by atoms with van der Waals surface area (Å²) in [6.07, 6.45) is 0.0885. The van der Waals surface area contributed by atoms with Gasteiger partial charge in [-0.15, -0.1) is 0 Å². The fourth-order valence-electron chi connectivity index (χ4n) is 2.87. The molecule has 1 aromatic carbocycles. The summed E-state index contributed by atoms with van der Waals surface area (Å²) in [5.74, 6) is -0.736. The molecule has 7 nitrogen and oxygen atoms in total. The molecule has 0 unspecified atom stereocenters. The van der Waals surface area contributed by atoms with E-state index in [0.29, 0.717) is 18.4 Å². The molecule has 0 bridgehead atoms. The van der Waals surface area contributed by atoms with Crippen molar-refractivity contribution in [3.8, 4) is 0 Å². The van der Waals surface area contributed by atoms with Gasteiger partial charge in [0, 0.05) is 7.11 Å². The maximum atomic E-state index is 13.0. The molecule has 30 heavy (non-hydrogen) atoms. The van der Waals surface area contributed by atoms with Gasteiger partial charge in [-0.2, -0.15) is 0 Å². The van der Waals surface area contributed by atoms with Crippen LogP contribution < -0.4 is 10.6 Å². The Bertz CT molecular complexity index is 691. The first-order chi connectivity index (χ1) is 14.1. The van der Waals surface area contributed by atoms with E-state index in [9.17, 15) is 18.8 Å². The minimum Gasteiger partial charge on any atom is -0.445 e. The lowest BCUT2D eigenvalue weighted by molar-refractivity contribution is -0.131. The SMILES string of the molecule is COCC(=O)[C@H](CC(C)C)NC(=O)[C@H](CC(C)C)NC(=O)OCc1ccc(F)cc1. The molecule has 0 radical (unpaired) electrons. The van der Waals surface area contributed by atoms with Crippen LogP contribution in [0, 0.1) is 17.7 Å². The van der Waals surface area contributed by atoms with E-state index in [1.807, 2.05) is 27.7 Å². The first-order valence-electron chi connectivity index (χ1n) is 10.1. The average molecular weight is 425 g/mol. The van der Waals surface area contributed by atoms with Crippen molar-refractivity contribution in [2.45, 2.75) is 59.2 Å². The molecule has 0 fully saturated rings. The smallest absolute Gasteiger partial charge is 0.408 e. The lowest BCUT2D eigenvalue weighted by Gasteiger charge is -2.24. The van der Waals surface area contributed by atoms with Crippen LogP contribution in [-0.4, -0.2) is 43.6 Å². The molecule has 0 saturated heterocycles. The molecule has 8 heteroatoms. The first kappa shape index (κ1) is 25.6. The topological polar surface area (TPSA) is 93.7 Å². The average Bonchev–Trinajstić information content (AvgIpc) is 2.66. The zero-order valence-corrected chi connectivity index (χ0v) is 18.4. The van der Waals surface area contributed by atoms with Crippen LogP contribution in [0.1, 0.15) is 46.1 Å². The fraction of sp³-hybridized carbons (Fsp3) is 0.591. The standard InChI is InChI=1S/C22H33FN2O5/c1-14(2)10-18(20(26)13-29-5)24-21(27)19(11-15(3)4)25-22(28)30-12-16-6-8-17(23)9-7-16/h6-9,14-15,18-19H,10-13H2,1-5H3,(H,24,27)(H,25,28)/t18-,19-/m0/s1. The Hall–Kier alpha value is -2.48. The molecule has 0 aromatic heterocycles. The molecule has 2 atom stereocenters. The molecule has 0 saturated carbocycles. The summed E-state index contributed by atoms with van der Waals surface area (Å²) in [5.41, 5.74) is 0.624. The number of carbonyl (C=O) groups excluding carboxylic acids is 3. The van der Waals surface area contributed by atoms with Crippen LogP contribution in [0.4, 0.5) is 9.18 Å². The van der Waals surface area contributed by atoms with E-state index in [1.54, 1.807) is 0 Å². The summed E-state index contributed by atoms with van der Waals surface area (Å²) in [7, 11) is 1.42. The Kier molecular flexibility index (Phi) is 11.0. The summed E-state index contributed by atoms with van der Waals surface area (Å²) in [6.45, 7) is 7.61. The molecule has 0 aliphatic heterocycles. The zero-order chi connectivity index (χ0) is 22.7. The quantitative estimate of drug-likeness (QED) is 0.537. The first-order valence-corrected chi connectivity index (χ1v) is 10.1. The van der Waals surface area contributed by atoms with Gasteiger partial charge in [0.15, 0.2) is 5.78 Å². The number of benzene rings is 1. The summed E-state index contributed by atoms with van der Waals surface area (Å²) in [4.78, 5) is 37.3. The lowest BCUT2D eigenvalue weighted by atomic mass is 9.98. The van der Waals surface area contributed by atoms with Gasteiger partial charge in [-0.3, -0.25) is 9.59 Å². The van der Waals surface area contributed by atoms with Gasteiger partial charge in [0.05, 0.1) is 6.04 Å². The van der Waals surface area contributed by atoms with E-state index in [1.165, 1.54) is 31.4 Å². The van der Waals surface area contributed by atoms with Crippen molar-refractivity contribution in [3.63, 3.8) is 0 Å². The van der Waals surface area contributed by atoms with Crippen LogP contribution in [0.25, 0.3) is 0 Å². The van der Waals surface area contributed by atoms with Gasteiger partial charge in [0.2, 0.25) is 5.91 Å². The zero-order valence-electron chi connectivity index (χ0n) is 18.4. The van der Waals surface area contributed by atoms with Crippen LogP contribution in [0.3, 0.4) is 0 Å². The van der Waals surface area contributed by atoms with Crippen LogP contribution in [0.15, 0.2) is 24.3 Å². The third-order valence-corrected chi connectivity index (χ3v) is 4.30. The molecule has 1 rings (SSSR count). The maximum Gasteiger partial charge on any atom is 0.408 e. The molecular formula is C22H33FN2O5. The van der Waals surface area contributed by atoms with E-state index in [-0.39, 0.29) is 36.7 Å². The number of methoxy groups -OCH3 is 1. The number of Topliss-reactive ketones (excluding diaryl/α,β-unsaturated/α-hetero) is 1. The van der Waals surface area contributed by atoms with E-state index in [4.69, 9.17) is 9.47 Å². The molecule has 168 valence electrons. The van der Waals surface area contributed by atoms with E-state index in [0.717, 1.165) is 0 Å². The number of alkyl carbamates (subject to hydrolysis) is 1. The predicted molar refractivity (Wildman–Crippen MR) is 111 cm³/mol. The second-order valence-corrected chi connectivity index (χ2v) is 8.12. The Morgan fingerprint density at radius 2 is 1.50 bits per heavy atom. The molecule has 0 spiro atoms. The fourth-order valence-corrected chi connectivity index (χ4v) is 2.87. The number of hydrogen-bond donors (Lipinski definition) is 2. The van der Waals surface area contributed by atoms with E-state index in [2.05, 4.69) is 10.6 Å². The largest absolute Gasteiger partial charge is 0.445 e. The third kappa shape index (κ3) is 9.82. The summed E-state index contributed by atoms with van der Waals surface area (Å²) in [6, 6.07) is 4.03. The van der Waals surface area contributed by atoms with Crippen molar-refractivity contribution in [1.82, 2.24) is 10.6 Å². The minimum atomic E-state index is -0.851. The molecule has 2 amide bonds. The summed E-state index contributed by atoms with van der Waals surface area (Å²) in [5, 5.41) is 5.31. The highest BCUT2D eigenvalue weighted by Crippen LogP contribution is 2.10. The highest BCUT2D eigenvalue weighted by molar-refractivity contribution is 5.92. The number of ether oxygens (including phenoxy) is 2. The van der Waals surface area contributed by atoms with Crippen molar-refractivity contribution in [2.75, 3.05) is 13.7 Å². The monoisotopic (exact) mass is 424 g/mol. The maximum absolute atomic E-state index is 13.0. The molecule has 0 aliphatic carbocycles. The van der Waals surface area contributed by atoms with Crippen molar-refractivity contribution < 1.29 is 28.2 Å². The van der Waals surface area contributed by atoms with Gasteiger partial charge in [-0.1, -0.05) is 39.8 Å². The summed E-state index contributed by atoms with van der Waals surface area (Å²) >= 11 is 0. The van der Waals surface area contributed by atoms with Crippen molar-refractivity contribution in [3.05, 3.63) is 35.6 Å². The van der Waals surface area contributed by atoms with Crippen molar-refractivity contribution in [2.24, 2.45) is 11.8 Å². The summed E-state index contributed by atoms with van der Waals surface area (Å²) < 4.78 is 23.0.